The maximum atomic E-state index is 12.5. The van der Waals surface area contributed by atoms with Crippen molar-refractivity contribution in [1.29, 1.82) is 5.41 Å². The van der Waals surface area contributed by atoms with Crippen molar-refractivity contribution in [3.05, 3.63) is 24.3 Å². The van der Waals surface area contributed by atoms with Crippen LogP contribution in [0.25, 0.3) is 0 Å². The molecule has 1 aromatic rings. The van der Waals surface area contributed by atoms with Gasteiger partial charge in [0.25, 0.3) is 0 Å². The summed E-state index contributed by atoms with van der Waals surface area (Å²) in [4.78, 5) is 0. The summed E-state index contributed by atoms with van der Waals surface area (Å²) in [6.07, 6.45) is 0. The molecule has 0 aromatic heterocycles. The van der Waals surface area contributed by atoms with Crippen LogP contribution in [0.3, 0.4) is 0 Å². The molecule has 4 N–H and O–H groups in total. The molecule has 1 rings (SSSR count). The van der Waals surface area contributed by atoms with Gasteiger partial charge < -0.3 is 11.1 Å². The first-order valence-corrected chi connectivity index (χ1v) is 4.98. The van der Waals surface area contributed by atoms with E-state index in [2.05, 4.69) is 5.32 Å². The number of amidine groups is 1. The van der Waals surface area contributed by atoms with E-state index in [-0.39, 0.29) is 5.17 Å². The molecule has 0 saturated carbocycles. The number of hydrogen-bond donors (Lipinski definition) is 3. The number of nitrogens with two attached hydrogens (primary N) is 1. The topological polar surface area (TPSA) is 61.9 Å². The van der Waals surface area contributed by atoms with Gasteiger partial charge in [-0.15, -0.1) is 0 Å². The fourth-order valence-corrected chi connectivity index (χ4v) is 1.39. The highest BCUT2D eigenvalue weighted by atomic mass is 32.2. The zero-order valence-electron chi connectivity index (χ0n) is 7.75. The van der Waals surface area contributed by atoms with Gasteiger partial charge in [-0.25, -0.2) is 4.39 Å². The number of rotatable bonds is 2. The van der Waals surface area contributed by atoms with Crippen LogP contribution in [0.15, 0.2) is 24.3 Å². The van der Waals surface area contributed by atoms with Crippen molar-refractivity contribution < 1.29 is 4.39 Å². The lowest BCUT2D eigenvalue weighted by molar-refractivity contribution is 0.485. The number of nitrogens with one attached hydrogen (secondary N) is 2. The first-order valence-electron chi connectivity index (χ1n) is 4.10. The summed E-state index contributed by atoms with van der Waals surface area (Å²) in [5.41, 5.74) is 5.81. The van der Waals surface area contributed by atoms with Crippen LogP contribution in [-0.4, -0.2) is 10.7 Å². The SMILES string of the molecule is CC(F)SC(=N)Nc1ccc(N)cc1. The number of thioether (sulfide) groups is 1. The van der Waals surface area contributed by atoms with Crippen LogP contribution in [-0.2, 0) is 0 Å². The van der Waals surface area contributed by atoms with E-state index in [1.165, 1.54) is 6.92 Å². The van der Waals surface area contributed by atoms with E-state index in [1.54, 1.807) is 24.3 Å². The van der Waals surface area contributed by atoms with Crippen LogP contribution < -0.4 is 11.1 Å². The number of halogens is 1. The first kappa shape index (κ1) is 10.8. The summed E-state index contributed by atoms with van der Waals surface area (Å²) in [7, 11) is 0. The molecule has 5 heteroatoms. The number of alkyl halides is 1. The summed E-state index contributed by atoms with van der Waals surface area (Å²) >= 11 is 0.828. The second kappa shape index (κ2) is 4.85. The van der Waals surface area contributed by atoms with Crippen LogP contribution in [0.4, 0.5) is 15.8 Å². The largest absolute Gasteiger partial charge is 0.399 e. The maximum Gasteiger partial charge on any atom is 0.160 e. The lowest BCUT2D eigenvalue weighted by Crippen LogP contribution is -2.08. The minimum absolute atomic E-state index is 0.0878. The van der Waals surface area contributed by atoms with E-state index < -0.39 is 5.50 Å². The van der Waals surface area contributed by atoms with Gasteiger partial charge in [0, 0.05) is 11.4 Å². The van der Waals surface area contributed by atoms with Gasteiger partial charge in [-0.2, -0.15) is 0 Å². The van der Waals surface area contributed by atoms with Gasteiger partial charge in [-0.05, 0) is 31.2 Å². The molecular formula is C9H12FN3S. The summed E-state index contributed by atoms with van der Waals surface area (Å²) < 4.78 is 12.5. The Morgan fingerprint density at radius 1 is 1.50 bits per heavy atom. The summed E-state index contributed by atoms with van der Waals surface area (Å²) in [6.45, 7) is 1.39. The minimum atomic E-state index is -1.08. The molecule has 76 valence electrons. The molecule has 1 aromatic carbocycles. The summed E-state index contributed by atoms with van der Waals surface area (Å²) in [5, 5.41) is 10.2. The third-order valence-corrected chi connectivity index (χ3v) is 2.11. The van der Waals surface area contributed by atoms with E-state index in [9.17, 15) is 4.39 Å². The Hall–Kier alpha value is -1.23. The predicted octanol–water partition coefficient (Wildman–Crippen LogP) is 2.66. The molecule has 14 heavy (non-hydrogen) atoms. The predicted molar refractivity (Wildman–Crippen MR) is 60.4 cm³/mol. The van der Waals surface area contributed by atoms with Crippen molar-refractivity contribution in [2.24, 2.45) is 0 Å². The number of benzene rings is 1. The quantitative estimate of drug-likeness (QED) is 0.402. The zero-order chi connectivity index (χ0) is 10.6. The highest BCUT2D eigenvalue weighted by Crippen LogP contribution is 2.16. The molecule has 0 aliphatic rings. The van der Waals surface area contributed by atoms with E-state index in [4.69, 9.17) is 11.1 Å². The highest BCUT2D eigenvalue weighted by molar-refractivity contribution is 8.14. The Morgan fingerprint density at radius 2 is 2.07 bits per heavy atom. The van der Waals surface area contributed by atoms with Crippen molar-refractivity contribution in [1.82, 2.24) is 0 Å². The molecule has 0 amide bonds. The Kier molecular flexibility index (Phi) is 3.76. The standard InChI is InChI=1S/C9H12FN3S/c1-6(10)14-9(12)13-8-4-2-7(11)3-5-8/h2-6H,11H2,1H3,(H2,12,13). The van der Waals surface area contributed by atoms with Gasteiger partial charge in [0.05, 0.1) is 0 Å². The first-order chi connectivity index (χ1) is 6.58. The van der Waals surface area contributed by atoms with Crippen molar-refractivity contribution in [3.63, 3.8) is 0 Å². The summed E-state index contributed by atoms with van der Waals surface area (Å²) in [5.74, 6) is 0. The third kappa shape index (κ3) is 3.66. The molecule has 0 radical (unpaired) electrons. The van der Waals surface area contributed by atoms with Crippen molar-refractivity contribution in [2.75, 3.05) is 11.1 Å². The van der Waals surface area contributed by atoms with E-state index >= 15 is 0 Å². The van der Waals surface area contributed by atoms with Gasteiger partial charge in [-0.3, -0.25) is 5.41 Å². The van der Waals surface area contributed by atoms with Crippen LogP contribution >= 0.6 is 11.8 Å². The van der Waals surface area contributed by atoms with Crippen LogP contribution in [0.1, 0.15) is 6.92 Å². The fraction of sp³-hybridized carbons (Fsp3) is 0.222. The lowest BCUT2D eigenvalue weighted by atomic mass is 10.3. The molecule has 1 atom stereocenters. The second-order valence-corrected chi connectivity index (χ2v) is 4.03. The Labute approximate surface area is 86.4 Å². The van der Waals surface area contributed by atoms with Gasteiger partial charge in [0.1, 0.15) is 5.50 Å². The Morgan fingerprint density at radius 3 is 2.57 bits per heavy atom. The minimum Gasteiger partial charge on any atom is -0.399 e. The molecule has 0 spiro atoms. The molecule has 0 bridgehead atoms. The molecule has 0 heterocycles. The Bertz CT molecular complexity index is 310. The average Bonchev–Trinajstić information content (AvgIpc) is 2.07. The number of nitrogen functional groups attached to an aromatic ring is 1. The van der Waals surface area contributed by atoms with Gasteiger partial charge >= 0.3 is 0 Å². The normalized spacial score (nSPS) is 12.1. The molecule has 3 nitrogen and oxygen atoms in total. The van der Waals surface area contributed by atoms with Gasteiger partial charge in [0.2, 0.25) is 0 Å². The van der Waals surface area contributed by atoms with Crippen LogP contribution in [0.2, 0.25) is 0 Å². The lowest BCUT2D eigenvalue weighted by Gasteiger charge is -2.07. The molecule has 0 saturated heterocycles. The van der Waals surface area contributed by atoms with Gasteiger partial charge in [0.15, 0.2) is 5.17 Å². The van der Waals surface area contributed by atoms with Crippen molar-refractivity contribution in [2.45, 2.75) is 12.4 Å². The molecule has 0 aliphatic carbocycles. The molecule has 1 unspecified atom stereocenters. The van der Waals surface area contributed by atoms with Crippen LogP contribution in [0.5, 0.6) is 0 Å². The number of anilines is 2. The van der Waals surface area contributed by atoms with E-state index in [1.807, 2.05) is 0 Å². The summed E-state index contributed by atoms with van der Waals surface area (Å²) in [6, 6.07) is 6.93. The molecule has 0 fully saturated rings. The Balaban J connectivity index is 2.52. The molecular weight excluding hydrogens is 201 g/mol. The van der Waals surface area contributed by atoms with Gasteiger partial charge in [-0.1, -0.05) is 11.8 Å². The van der Waals surface area contributed by atoms with Crippen molar-refractivity contribution >= 4 is 28.3 Å². The average molecular weight is 213 g/mol. The van der Waals surface area contributed by atoms with Crippen LogP contribution in [0, 0.1) is 5.41 Å². The maximum absolute atomic E-state index is 12.5. The zero-order valence-corrected chi connectivity index (χ0v) is 8.57. The fourth-order valence-electron chi connectivity index (χ4n) is 0.889. The second-order valence-electron chi connectivity index (χ2n) is 2.74. The highest BCUT2D eigenvalue weighted by Gasteiger charge is 2.04. The van der Waals surface area contributed by atoms with E-state index in [0.29, 0.717) is 5.69 Å². The smallest absolute Gasteiger partial charge is 0.160 e. The van der Waals surface area contributed by atoms with Crippen molar-refractivity contribution in [3.8, 4) is 0 Å². The number of hydrogen-bond acceptors (Lipinski definition) is 3. The molecule has 0 aliphatic heterocycles. The monoisotopic (exact) mass is 213 g/mol. The van der Waals surface area contributed by atoms with E-state index in [0.717, 1.165) is 17.4 Å². The third-order valence-electron chi connectivity index (χ3n) is 1.45.